The van der Waals surface area contributed by atoms with Crippen molar-refractivity contribution in [1.82, 2.24) is 4.72 Å². The third-order valence-corrected chi connectivity index (χ3v) is 5.86. The lowest BCUT2D eigenvalue weighted by Crippen LogP contribution is -2.27. The maximum atomic E-state index is 12.8. The lowest BCUT2D eigenvalue weighted by molar-refractivity contribution is -0.116. The SMILES string of the molecule is CC(=O)Nc1cccc(C(C)NS(=O)(=O)c2ccc3c(c2)CCC(=O)N3)c1. The number of carbonyl (C=O) groups excluding carboxylic acids is 2. The van der Waals surface area contributed by atoms with Crippen molar-refractivity contribution in [3.63, 3.8) is 0 Å². The molecule has 1 aliphatic heterocycles. The van der Waals surface area contributed by atoms with E-state index in [0.717, 1.165) is 11.1 Å². The largest absolute Gasteiger partial charge is 0.326 e. The van der Waals surface area contributed by atoms with E-state index in [0.29, 0.717) is 24.2 Å². The number of aryl methyl sites for hydroxylation is 1. The number of amides is 2. The Morgan fingerprint density at radius 1 is 1.15 bits per heavy atom. The van der Waals surface area contributed by atoms with E-state index in [2.05, 4.69) is 15.4 Å². The molecule has 0 saturated carbocycles. The Bertz CT molecular complexity index is 1000. The Morgan fingerprint density at radius 3 is 2.67 bits per heavy atom. The highest BCUT2D eigenvalue weighted by atomic mass is 32.2. The molecule has 1 unspecified atom stereocenters. The van der Waals surface area contributed by atoms with Crippen LogP contribution in [0.3, 0.4) is 0 Å². The van der Waals surface area contributed by atoms with Crippen LogP contribution in [0.15, 0.2) is 47.4 Å². The van der Waals surface area contributed by atoms with Crippen molar-refractivity contribution in [3.05, 3.63) is 53.6 Å². The molecule has 3 rings (SSSR count). The molecule has 2 amide bonds. The van der Waals surface area contributed by atoms with Crippen LogP contribution in [0.25, 0.3) is 0 Å². The van der Waals surface area contributed by atoms with Crippen LogP contribution >= 0.6 is 0 Å². The predicted octanol–water partition coefficient (Wildman–Crippen LogP) is 2.57. The molecule has 1 heterocycles. The minimum Gasteiger partial charge on any atom is -0.326 e. The van der Waals surface area contributed by atoms with Gasteiger partial charge in [-0.2, -0.15) is 0 Å². The summed E-state index contributed by atoms with van der Waals surface area (Å²) in [6.07, 6.45) is 0.856. The van der Waals surface area contributed by atoms with E-state index in [9.17, 15) is 18.0 Å². The summed E-state index contributed by atoms with van der Waals surface area (Å²) in [6, 6.07) is 11.2. The van der Waals surface area contributed by atoms with Gasteiger partial charge in [-0.1, -0.05) is 12.1 Å². The van der Waals surface area contributed by atoms with Gasteiger partial charge in [-0.25, -0.2) is 13.1 Å². The van der Waals surface area contributed by atoms with Crippen LogP contribution in [-0.2, 0) is 26.0 Å². The van der Waals surface area contributed by atoms with E-state index in [1.54, 1.807) is 43.3 Å². The quantitative estimate of drug-likeness (QED) is 0.733. The van der Waals surface area contributed by atoms with E-state index in [1.807, 2.05) is 0 Å². The molecule has 2 aromatic rings. The first-order valence-corrected chi connectivity index (χ1v) is 10.1. The molecule has 0 fully saturated rings. The predicted molar refractivity (Wildman–Crippen MR) is 103 cm³/mol. The van der Waals surface area contributed by atoms with Gasteiger partial charge in [-0.3, -0.25) is 9.59 Å². The average molecular weight is 387 g/mol. The van der Waals surface area contributed by atoms with Gasteiger partial charge in [0.05, 0.1) is 4.90 Å². The zero-order valence-corrected chi connectivity index (χ0v) is 15.9. The van der Waals surface area contributed by atoms with Crippen molar-refractivity contribution in [1.29, 1.82) is 0 Å². The summed E-state index contributed by atoms with van der Waals surface area (Å²) in [6.45, 7) is 3.15. The number of benzene rings is 2. The normalized spacial score (nSPS) is 14.8. The Hall–Kier alpha value is -2.71. The Balaban J connectivity index is 1.80. The number of nitrogens with one attached hydrogen (secondary N) is 3. The summed E-state index contributed by atoms with van der Waals surface area (Å²) in [5.41, 5.74) is 2.80. The van der Waals surface area contributed by atoms with Crippen LogP contribution in [0.2, 0.25) is 0 Å². The molecule has 2 aromatic carbocycles. The van der Waals surface area contributed by atoms with E-state index in [4.69, 9.17) is 0 Å². The van der Waals surface area contributed by atoms with Gasteiger partial charge in [0.25, 0.3) is 0 Å². The molecular formula is C19H21N3O4S. The third-order valence-electron chi connectivity index (χ3n) is 4.32. The van der Waals surface area contributed by atoms with Crippen molar-refractivity contribution < 1.29 is 18.0 Å². The number of anilines is 2. The molecular weight excluding hydrogens is 366 g/mol. The van der Waals surface area contributed by atoms with Crippen LogP contribution in [0.1, 0.15) is 37.4 Å². The Kier molecular flexibility index (Phi) is 5.29. The van der Waals surface area contributed by atoms with Crippen molar-refractivity contribution in [2.24, 2.45) is 0 Å². The van der Waals surface area contributed by atoms with Crippen molar-refractivity contribution in [3.8, 4) is 0 Å². The standard InChI is InChI=1S/C19H21N3O4S/c1-12(14-4-3-5-16(10-14)20-13(2)23)22-27(25,26)17-7-8-18-15(11-17)6-9-19(24)21-18/h3-5,7-8,10-12,22H,6,9H2,1-2H3,(H,20,23)(H,21,24). The summed E-state index contributed by atoms with van der Waals surface area (Å²) in [5, 5.41) is 5.42. The smallest absolute Gasteiger partial charge is 0.241 e. The Labute approximate surface area is 158 Å². The highest BCUT2D eigenvalue weighted by Crippen LogP contribution is 2.26. The number of hydrogen-bond acceptors (Lipinski definition) is 4. The van der Waals surface area contributed by atoms with E-state index < -0.39 is 16.1 Å². The minimum atomic E-state index is -3.74. The number of carbonyl (C=O) groups is 2. The molecule has 142 valence electrons. The van der Waals surface area contributed by atoms with Crippen LogP contribution < -0.4 is 15.4 Å². The lowest BCUT2D eigenvalue weighted by Gasteiger charge is -2.19. The van der Waals surface area contributed by atoms with Gasteiger partial charge in [0.15, 0.2) is 0 Å². The second-order valence-electron chi connectivity index (χ2n) is 6.52. The second-order valence-corrected chi connectivity index (χ2v) is 8.23. The topological polar surface area (TPSA) is 104 Å². The highest BCUT2D eigenvalue weighted by Gasteiger charge is 2.22. The van der Waals surface area contributed by atoms with Gasteiger partial charge < -0.3 is 10.6 Å². The minimum absolute atomic E-state index is 0.0658. The monoisotopic (exact) mass is 387 g/mol. The molecule has 3 N–H and O–H groups in total. The molecule has 0 radical (unpaired) electrons. The van der Waals surface area contributed by atoms with Gasteiger partial charge in [0, 0.05) is 30.8 Å². The second kappa shape index (κ2) is 7.50. The molecule has 8 heteroatoms. The molecule has 0 bridgehead atoms. The van der Waals surface area contributed by atoms with Crippen molar-refractivity contribution >= 4 is 33.2 Å². The van der Waals surface area contributed by atoms with E-state index in [1.165, 1.54) is 13.0 Å². The summed E-state index contributed by atoms with van der Waals surface area (Å²) in [5.74, 6) is -0.259. The average Bonchev–Trinajstić information content (AvgIpc) is 2.60. The number of rotatable bonds is 5. The number of fused-ring (bicyclic) bond motifs is 1. The van der Waals surface area contributed by atoms with Crippen LogP contribution in [0.4, 0.5) is 11.4 Å². The maximum Gasteiger partial charge on any atom is 0.241 e. The molecule has 0 saturated heterocycles. The molecule has 1 aliphatic rings. The van der Waals surface area contributed by atoms with Gasteiger partial charge in [0.1, 0.15) is 0 Å². The lowest BCUT2D eigenvalue weighted by atomic mass is 10.0. The molecule has 27 heavy (non-hydrogen) atoms. The van der Waals surface area contributed by atoms with Crippen LogP contribution in [-0.4, -0.2) is 20.2 Å². The zero-order valence-electron chi connectivity index (χ0n) is 15.1. The van der Waals surface area contributed by atoms with Crippen LogP contribution in [0, 0.1) is 0 Å². The van der Waals surface area contributed by atoms with Gasteiger partial charge in [0.2, 0.25) is 21.8 Å². The first kappa shape index (κ1) is 19.1. The van der Waals surface area contributed by atoms with Crippen molar-refractivity contribution in [2.45, 2.75) is 37.6 Å². The summed E-state index contributed by atoms with van der Waals surface area (Å²) < 4.78 is 28.2. The fraction of sp³-hybridized carbons (Fsp3) is 0.263. The molecule has 0 aliphatic carbocycles. The van der Waals surface area contributed by atoms with Crippen LogP contribution in [0.5, 0.6) is 0 Å². The molecule has 1 atom stereocenters. The molecule has 0 aromatic heterocycles. The van der Waals surface area contributed by atoms with Gasteiger partial charge >= 0.3 is 0 Å². The highest BCUT2D eigenvalue weighted by molar-refractivity contribution is 7.89. The van der Waals surface area contributed by atoms with Gasteiger partial charge in [-0.05, 0) is 54.8 Å². The number of sulfonamides is 1. The fourth-order valence-electron chi connectivity index (χ4n) is 2.98. The van der Waals surface area contributed by atoms with Crippen molar-refractivity contribution in [2.75, 3.05) is 10.6 Å². The molecule has 7 nitrogen and oxygen atoms in total. The Morgan fingerprint density at radius 2 is 1.93 bits per heavy atom. The first-order valence-electron chi connectivity index (χ1n) is 8.57. The number of hydrogen-bond donors (Lipinski definition) is 3. The summed E-state index contributed by atoms with van der Waals surface area (Å²) in [4.78, 5) is 22.8. The maximum absolute atomic E-state index is 12.8. The molecule has 0 spiro atoms. The van der Waals surface area contributed by atoms with E-state index >= 15 is 0 Å². The summed E-state index contributed by atoms with van der Waals surface area (Å²) >= 11 is 0. The van der Waals surface area contributed by atoms with Gasteiger partial charge in [-0.15, -0.1) is 0 Å². The first-order chi connectivity index (χ1) is 12.7. The van der Waals surface area contributed by atoms with E-state index in [-0.39, 0.29) is 16.7 Å². The summed E-state index contributed by atoms with van der Waals surface area (Å²) in [7, 11) is -3.74. The zero-order chi connectivity index (χ0) is 19.6. The third kappa shape index (κ3) is 4.53. The fourth-order valence-corrected chi connectivity index (χ4v) is 4.27.